The summed E-state index contributed by atoms with van der Waals surface area (Å²) in [5, 5.41) is 18.8. The van der Waals surface area contributed by atoms with E-state index in [1.54, 1.807) is 6.92 Å². The molecule has 6 heteroatoms. The number of hydrogen-bond donors (Lipinski definition) is 3. The number of aryl methyl sites for hydroxylation is 1. The highest BCUT2D eigenvalue weighted by molar-refractivity contribution is 5.79. The number of aliphatic hydroxyl groups excluding tert-OH is 1. The second-order valence-corrected chi connectivity index (χ2v) is 3.29. The SMILES string of the molecule is COC(=O)[C@H](N)c1c(CO)cnc(C)c1O. The quantitative estimate of drug-likeness (QED) is 0.614. The summed E-state index contributed by atoms with van der Waals surface area (Å²) in [5.41, 5.74) is 6.42. The molecule has 4 N–H and O–H groups in total. The number of hydrogen-bond acceptors (Lipinski definition) is 6. The number of rotatable bonds is 3. The van der Waals surface area contributed by atoms with Gasteiger partial charge in [0.25, 0.3) is 0 Å². The standard InChI is InChI=1S/C10H14N2O4/c1-5-9(14)7(6(4-13)3-12-5)8(11)10(15)16-2/h3,8,13-14H,4,11H2,1-2H3/t8-/m1/s1. The number of aromatic nitrogens is 1. The Balaban J connectivity index is 3.29. The van der Waals surface area contributed by atoms with Crippen LogP contribution in [-0.4, -0.2) is 28.3 Å². The van der Waals surface area contributed by atoms with Crippen molar-refractivity contribution in [2.75, 3.05) is 7.11 Å². The van der Waals surface area contributed by atoms with Gasteiger partial charge in [0, 0.05) is 17.3 Å². The Morgan fingerprint density at radius 2 is 2.31 bits per heavy atom. The second kappa shape index (κ2) is 4.91. The summed E-state index contributed by atoms with van der Waals surface area (Å²) in [6, 6.07) is -1.13. The second-order valence-electron chi connectivity index (χ2n) is 3.29. The van der Waals surface area contributed by atoms with E-state index in [9.17, 15) is 9.90 Å². The van der Waals surface area contributed by atoms with Crippen molar-refractivity contribution in [2.24, 2.45) is 5.73 Å². The Kier molecular flexibility index (Phi) is 3.81. The lowest BCUT2D eigenvalue weighted by molar-refractivity contribution is -0.142. The lowest BCUT2D eigenvalue weighted by atomic mass is 10.0. The Morgan fingerprint density at radius 3 is 2.81 bits per heavy atom. The van der Waals surface area contributed by atoms with E-state index in [0.29, 0.717) is 11.3 Å². The summed E-state index contributed by atoms with van der Waals surface area (Å²) in [5.74, 6) is -0.875. The molecule has 6 nitrogen and oxygen atoms in total. The maximum absolute atomic E-state index is 11.3. The van der Waals surface area contributed by atoms with Crippen molar-refractivity contribution in [3.8, 4) is 5.75 Å². The summed E-state index contributed by atoms with van der Waals surface area (Å²) >= 11 is 0. The number of carbonyl (C=O) groups excluding carboxylic acids is 1. The van der Waals surface area contributed by atoms with Crippen LogP contribution in [0.4, 0.5) is 0 Å². The molecule has 1 atom stereocenters. The van der Waals surface area contributed by atoms with Gasteiger partial charge in [-0.25, -0.2) is 0 Å². The van der Waals surface area contributed by atoms with Gasteiger partial charge in [-0.05, 0) is 6.92 Å². The number of ether oxygens (including phenoxy) is 1. The maximum Gasteiger partial charge on any atom is 0.327 e. The fraction of sp³-hybridized carbons (Fsp3) is 0.400. The monoisotopic (exact) mass is 226 g/mol. The minimum absolute atomic E-state index is 0.154. The Labute approximate surface area is 92.7 Å². The van der Waals surface area contributed by atoms with Gasteiger partial charge in [0.15, 0.2) is 0 Å². The van der Waals surface area contributed by atoms with Gasteiger partial charge in [-0.1, -0.05) is 0 Å². The zero-order chi connectivity index (χ0) is 12.3. The van der Waals surface area contributed by atoms with Crippen LogP contribution in [0, 0.1) is 6.92 Å². The summed E-state index contributed by atoms with van der Waals surface area (Å²) in [4.78, 5) is 15.1. The molecule has 0 aliphatic rings. The number of aliphatic hydroxyl groups is 1. The van der Waals surface area contributed by atoms with E-state index in [4.69, 9.17) is 10.8 Å². The van der Waals surface area contributed by atoms with Gasteiger partial charge in [0.05, 0.1) is 19.4 Å². The van der Waals surface area contributed by atoms with E-state index in [-0.39, 0.29) is 17.9 Å². The van der Waals surface area contributed by atoms with Gasteiger partial charge in [0.1, 0.15) is 11.8 Å². The molecule has 1 aromatic rings. The molecule has 0 aliphatic heterocycles. The zero-order valence-corrected chi connectivity index (χ0v) is 9.10. The number of aromatic hydroxyl groups is 1. The number of carbonyl (C=O) groups is 1. The molecule has 0 fully saturated rings. The number of nitrogens with two attached hydrogens (primary N) is 1. The van der Waals surface area contributed by atoms with Crippen molar-refractivity contribution < 1.29 is 19.7 Å². The Bertz CT molecular complexity index is 406. The molecule has 0 saturated carbocycles. The van der Waals surface area contributed by atoms with Gasteiger partial charge < -0.3 is 20.7 Å². The van der Waals surface area contributed by atoms with Crippen LogP contribution in [0.15, 0.2) is 6.20 Å². The van der Waals surface area contributed by atoms with Crippen LogP contribution in [0.2, 0.25) is 0 Å². The molecule has 0 aliphatic carbocycles. The van der Waals surface area contributed by atoms with Crippen LogP contribution in [0.1, 0.15) is 22.9 Å². The molecule has 0 amide bonds. The summed E-state index contributed by atoms with van der Waals surface area (Å²) in [6.07, 6.45) is 1.37. The molecule has 0 radical (unpaired) electrons. The molecule has 0 bridgehead atoms. The predicted octanol–water partition coefficient (Wildman–Crippen LogP) is -0.239. The van der Waals surface area contributed by atoms with Crippen molar-refractivity contribution in [3.05, 3.63) is 23.0 Å². The van der Waals surface area contributed by atoms with Gasteiger partial charge in [-0.3, -0.25) is 9.78 Å². The first-order valence-corrected chi connectivity index (χ1v) is 4.64. The number of nitrogens with zero attached hydrogens (tertiary/aromatic N) is 1. The zero-order valence-electron chi connectivity index (χ0n) is 9.10. The molecule has 0 unspecified atom stereocenters. The largest absolute Gasteiger partial charge is 0.506 e. The molecule has 0 spiro atoms. The van der Waals surface area contributed by atoms with E-state index in [1.165, 1.54) is 13.3 Å². The van der Waals surface area contributed by atoms with Crippen molar-refractivity contribution in [3.63, 3.8) is 0 Å². The molecule has 1 rings (SSSR count). The molecular weight excluding hydrogens is 212 g/mol. The van der Waals surface area contributed by atoms with Crippen molar-refractivity contribution in [2.45, 2.75) is 19.6 Å². The smallest absolute Gasteiger partial charge is 0.327 e. The van der Waals surface area contributed by atoms with Crippen LogP contribution >= 0.6 is 0 Å². The van der Waals surface area contributed by atoms with Gasteiger partial charge in [-0.15, -0.1) is 0 Å². The van der Waals surface area contributed by atoms with E-state index in [0.717, 1.165) is 0 Å². The van der Waals surface area contributed by atoms with E-state index < -0.39 is 12.0 Å². The fourth-order valence-corrected chi connectivity index (χ4v) is 1.37. The van der Waals surface area contributed by atoms with Crippen LogP contribution < -0.4 is 5.73 Å². The molecule has 0 aromatic carbocycles. The van der Waals surface area contributed by atoms with Crippen LogP contribution in [0.25, 0.3) is 0 Å². The summed E-state index contributed by atoms with van der Waals surface area (Å²) in [7, 11) is 1.20. The Morgan fingerprint density at radius 1 is 1.69 bits per heavy atom. The normalized spacial score (nSPS) is 12.2. The number of pyridine rings is 1. The van der Waals surface area contributed by atoms with E-state index in [2.05, 4.69) is 9.72 Å². The van der Waals surface area contributed by atoms with Gasteiger partial charge in [0.2, 0.25) is 0 Å². The third-order valence-corrected chi connectivity index (χ3v) is 2.29. The fourth-order valence-electron chi connectivity index (χ4n) is 1.37. The van der Waals surface area contributed by atoms with Gasteiger partial charge in [-0.2, -0.15) is 0 Å². The maximum atomic E-state index is 11.3. The molecule has 1 heterocycles. The first-order chi connectivity index (χ1) is 7.52. The predicted molar refractivity (Wildman–Crippen MR) is 55.5 cm³/mol. The molecule has 88 valence electrons. The number of methoxy groups -OCH3 is 1. The average Bonchev–Trinajstić information content (AvgIpc) is 2.30. The van der Waals surface area contributed by atoms with Crippen LogP contribution in [0.3, 0.4) is 0 Å². The minimum Gasteiger partial charge on any atom is -0.506 e. The first kappa shape index (κ1) is 12.4. The van der Waals surface area contributed by atoms with Crippen molar-refractivity contribution in [1.82, 2.24) is 4.98 Å². The van der Waals surface area contributed by atoms with E-state index in [1.807, 2.05) is 0 Å². The molecule has 16 heavy (non-hydrogen) atoms. The minimum atomic E-state index is -1.13. The third kappa shape index (κ3) is 2.12. The topological polar surface area (TPSA) is 106 Å². The van der Waals surface area contributed by atoms with Crippen molar-refractivity contribution in [1.29, 1.82) is 0 Å². The summed E-state index contributed by atoms with van der Waals surface area (Å²) < 4.78 is 4.48. The highest BCUT2D eigenvalue weighted by Crippen LogP contribution is 2.29. The highest BCUT2D eigenvalue weighted by atomic mass is 16.5. The van der Waals surface area contributed by atoms with Crippen molar-refractivity contribution >= 4 is 5.97 Å². The third-order valence-electron chi connectivity index (χ3n) is 2.29. The van der Waals surface area contributed by atoms with Crippen LogP contribution in [-0.2, 0) is 16.1 Å². The van der Waals surface area contributed by atoms with E-state index >= 15 is 0 Å². The number of esters is 1. The lowest BCUT2D eigenvalue weighted by Crippen LogP contribution is -2.24. The van der Waals surface area contributed by atoms with Gasteiger partial charge >= 0.3 is 5.97 Å². The first-order valence-electron chi connectivity index (χ1n) is 4.64. The lowest BCUT2D eigenvalue weighted by Gasteiger charge is -2.15. The summed E-state index contributed by atoms with van der Waals surface area (Å²) in [6.45, 7) is 1.21. The highest BCUT2D eigenvalue weighted by Gasteiger charge is 2.24. The average molecular weight is 226 g/mol. The Hall–Kier alpha value is -1.66. The molecule has 0 saturated heterocycles. The molecular formula is C10H14N2O4. The molecule has 1 aromatic heterocycles. The van der Waals surface area contributed by atoms with Crippen LogP contribution in [0.5, 0.6) is 5.75 Å².